The number of hydrogen-bond donors (Lipinski definition) is 0. The van der Waals surface area contributed by atoms with E-state index in [0.717, 1.165) is 52.1 Å². The zero-order chi connectivity index (χ0) is 21.4. The molecular weight excluding hydrogens is 406 g/mol. The van der Waals surface area contributed by atoms with Crippen LogP contribution in [0.4, 0.5) is 5.13 Å². The van der Waals surface area contributed by atoms with Gasteiger partial charge in [0.1, 0.15) is 10.3 Å². The van der Waals surface area contributed by atoms with Gasteiger partial charge < -0.3 is 14.4 Å². The van der Waals surface area contributed by atoms with Crippen LogP contribution in [0.15, 0.2) is 54.7 Å². The minimum Gasteiger partial charge on any atom is -0.344 e. The number of fused-ring (bicyclic) bond motifs is 1. The van der Waals surface area contributed by atoms with E-state index in [1.165, 1.54) is 5.56 Å². The number of thiazole rings is 1. The fraction of sp³-hybridized carbons (Fsp3) is 0.292. The SMILES string of the molecule is Cc1cc(C(=O)N2CCN(c3nc4cccnc4s3)CC2)c(C)n1Cc1ccccc1. The monoisotopic (exact) mass is 431 g/mol. The zero-order valence-corrected chi connectivity index (χ0v) is 18.6. The summed E-state index contributed by atoms with van der Waals surface area (Å²) in [6.45, 7) is 7.88. The Hall–Kier alpha value is -3.19. The van der Waals surface area contributed by atoms with Crippen LogP contribution in [-0.2, 0) is 6.54 Å². The van der Waals surface area contributed by atoms with Gasteiger partial charge in [-0.3, -0.25) is 4.79 Å². The highest BCUT2D eigenvalue weighted by atomic mass is 32.1. The molecule has 1 aliphatic rings. The third kappa shape index (κ3) is 3.81. The average molecular weight is 432 g/mol. The second kappa shape index (κ2) is 8.15. The van der Waals surface area contributed by atoms with E-state index in [0.29, 0.717) is 13.1 Å². The first kappa shape index (κ1) is 19.8. The fourth-order valence-electron chi connectivity index (χ4n) is 4.19. The number of hydrogen-bond acceptors (Lipinski definition) is 5. The molecule has 3 aromatic heterocycles. The Morgan fingerprint density at radius 3 is 2.55 bits per heavy atom. The lowest BCUT2D eigenvalue weighted by Crippen LogP contribution is -2.48. The fourth-order valence-corrected chi connectivity index (χ4v) is 5.15. The molecule has 0 aliphatic carbocycles. The van der Waals surface area contributed by atoms with Crippen molar-refractivity contribution in [1.29, 1.82) is 0 Å². The lowest BCUT2D eigenvalue weighted by molar-refractivity contribution is 0.0746. The number of benzene rings is 1. The third-order valence-electron chi connectivity index (χ3n) is 5.98. The van der Waals surface area contributed by atoms with Gasteiger partial charge in [0.2, 0.25) is 0 Å². The summed E-state index contributed by atoms with van der Waals surface area (Å²) in [7, 11) is 0. The highest BCUT2D eigenvalue weighted by molar-refractivity contribution is 7.21. The Labute approximate surface area is 185 Å². The number of rotatable bonds is 4. The van der Waals surface area contributed by atoms with Crippen LogP contribution in [0.25, 0.3) is 10.3 Å². The van der Waals surface area contributed by atoms with Gasteiger partial charge in [0, 0.05) is 50.3 Å². The normalized spacial score (nSPS) is 14.4. The maximum atomic E-state index is 13.3. The Kier molecular flexibility index (Phi) is 5.19. The van der Waals surface area contributed by atoms with Gasteiger partial charge in [0.25, 0.3) is 5.91 Å². The van der Waals surface area contributed by atoms with Gasteiger partial charge in [-0.05, 0) is 37.6 Å². The molecule has 6 nitrogen and oxygen atoms in total. The number of aryl methyl sites for hydroxylation is 1. The molecule has 0 atom stereocenters. The number of amides is 1. The quantitative estimate of drug-likeness (QED) is 0.488. The van der Waals surface area contributed by atoms with Crippen molar-refractivity contribution in [3.63, 3.8) is 0 Å². The predicted molar refractivity (Wildman–Crippen MR) is 125 cm³/mol. The van der Waals surface area contributed by atoms with Crippen molar-refractivity contribution in [3.05, 3.63) is 77.2 Å². The lowest BCUT2D eigenvalue weighted by Gasteiger charge is -2.34. The molecule has 1 amide bonds. The summed E-state index contributed by atoms with van der Waals surface area (Å²) >= 11 is 1.62. The van der Waals surface area contributed by atoms with Gasteiger partial charge in [-0.15, -0.1) is 0 Å². The highest BCUT2D eigenvalue weighted by Gasteiger charge is 2.26. The molecule has 0 unspecified atom stereocenters. The smallest absolute Gasteiger partial charge is 0.255 e. The number of aromatic nitrogens is 3. The van der Waals surface area contributed by atoms with Crippen molar-refractivity contribution in [1.82, 2.24) is 19.4 Å². The van der Waals surface area contributed by atoms with Crippen molar-refractivity contribution in [2.75, 3.05) is 31.1 Å². The molecule has 7 heteroatoms. The zero-order valence-electron chi connectivity index (χ0n) is 17.8. The first-order valence-electron chi connectivity index (χ1n) is 10.6. The maximum Gasteiger partial charge on any atom is 0.255 e. The summed E-state index contributed by atoms with van der Waals surface area (Å²) in [5, 5.41) is 0.988. The average Bonchev–Trinajstić information content (AvgIpc) is 3.36. The largest absolute Gasteiger partial charge is 0.344 e. The molecule has 5 rings (SSSR count). The van der Waals surface area contributed by atoms with Crippen LogP contribution in [0.5, 0.6) is 0 Å². The molecule has 0 spiro atoms. The van der Waals surface area contributed by atoms with Crippen LogP contribution in [0.3, 0.4) is 0 Å². The van der Waals surface area contributed by atoms with E-state index in [1.54, 1.807) is 17.5 Å². The molecule has 158 valence electrons. The van der Waals surface area contributed by atoms with Crippen molar-refractivity contribution in [2.45, 2.75) is 20.4 Å². The summed E-state index contributed by atoms with van der Waals surface area (Å²) < 4.78 is 2.23. The van der Waals surface area contributed by atoms with E-state index in [4.69, 9.17) is 4.98 Å². The van der Waals surface area contributed by atoms with Gasteiger partial charge in [0.15, 0.2) is 5.13 Å². The van der Waals surface area contributed by atoms with E-state index in [-0.39, 0.29) is 5.91 Å². The van der Waals surface area contributed by atoms with E-state index in [9.17, 15) is 4.79 Å². The van der Waals surface area contributed by atoms with Crippen LogP contribution in [0.2, 0.25) is 0 Å². The van der Waals surface area contributed by atoms with Crippen molar-refractivity contribution >= 4 is 32.7 Å². The predicted octanol–water partition coefficient (Wildman–Crippen LogP) is 4.12. The Morgan fingerprint density at radius 2 is 1.81 bits per heavy atom. The molecule has 1 fully saturated rings. The van der Waals surface area contributed by atoms with Gasteiger partial charge >= 0.3 is 0 Å². The molecule has 0 radical (unpaired) electrons. The number of pyridine rings is 1. The standard InChI is InChI=1S/C24H25N5OS/c1-17-15-20(18(2)29(17)16-19-7-4-3-5-8-19)23(30)27-11-13-28(14-12-27)24-26-21-9-6-10-25-22(21)31-24/h3-10,15H,11-14,16H2,1-2H3. The molecule has 4 aromatic rings. The first-order chi connectivity index (χ1) is 15.1. The van der Waals surface area contributed by atoms with Crippen LogP contribution in [0.1, 0.15) is 27.3 Å². The summed E-state index contributed by atoms with van der Waals surface area (Å²) in [6.07, 6.45) is 1.80. The second-order valence-corrected chi connectivity index (χ2v) is 8.92. The minimum absolute atomic E-state index is 0.123. The van der Waals surface area contributed by atoms with Gasteiger partial charge in [-0.2, -0.15) is 0 Å². The van der Waals surface area contributed by atoms with Crippen LogP contribution >= 0.6 is 11.3 Å². The Morgan fingerprint density at radius 1 is 1.03 bits per heavy atom. The van der Waals surface area contributed by atoms with Gasteiger partial charge in [-0.25, -0.2) is 9.97 Å². The number of anilines is 1. The third-order valence-corrected chi connectivity index (χ3v) is 7.02. The molecule has 1 aromatic carbocycles. The topological polar surface area (TPSA) is 54.3 Å². The number of carbonyl (C=O) groups is 1. The summed E-state index contributed by atoms with van der Waals surface area (Å²) in [5.41, 5.74) is 5.14. The Balaban J connectivity index is 1.29. The highest BCUT2D eigenvalue weighted by Crippen LogP contribution is 2.28. The summed E-state index contributed by atoms with van der Waals surface area (Å²) in [5.74, 6) is 0.123. The molecule has 1 saturated heterocycles. The second-order valence-electron chi connectivity index (χ2n) is 7.96. The van der Waals surface area contributed by atoms with E-state index < -0.39 is 0 Å². The van der Waals surface area contributed by atoms with Crippen molar-refractivity contribution < 1.29 is 4.79 Å². The number of nitrogens with zero attached hydrogens (tertiary/aromatic N) is 5. The van der Waals surface area contributed by atoms with E-state index in [1.807, 2.05) is 36.1 Å². The van der Waals surface area contributed by atoms with E-state index >= 15 is 0 Å². The summed E-state index contributed by atoms with van der Waals surface area (Å²) in [6, 6.07) is 16.3. The molecular formula is C24H25N5OS. The first-order valence-corrected chi connectivity index (χ1v) is 11.4. The number of piperazine rings is 1. The van der Waals surface area contributed by atoms with E-state index in [2.05, 4.69) is 45.6 Å². The molecule has 1 aliphatic heterocycles. The Bertz CT molecular complexity index is 1190. The van der Waals surface area contributed by atoms with Crippen molar-refractivity contribution in [3.8, 4) is 0 Å². The number of carbonyl (C=O) groups excluding carboxylic acids is 1. The van der Waals surface area contributed by atoms with Crippen LogP contribution < -0.4 is 4.90 Å². The van der Waals surface area contributed by atoms with Crippen molar-refractivity contribution in [2.24, 2.45) is 0 Å². The van der Waals surface area contributed by atoms with Crippen LogP contribution in [0, 0.1) is 13.8 Å². The van der Waals surface area contributed by atoms with Gasteiger partial charge in [-0.1, -0.05) is 41.7 Å². The van der Waals surface area contributed by atoms with Crippen LogP contribution in [-0.4, -0.2) is 51.5 Å². The summed E-state index contributed by atoms with van der Waals surface area (Å²) in [4.78, 5) is 27.6. The molecule has 31 heavy (non-hydrogen) atoms. The minimum atomic E-state index is 0.123. The molecule has 0 N–H and O–H groups in total. The molecule has 4 heterocycles. The van der Waals surface area contributed by atoms with Gasteiger partial charge in [0.05, 0.1) is 5.56 Å². The lowest BCUT2D eigenvalue weighted by atomic mass is 10.2. The molecule has 0 bridgehead atoms. The maximum absolute atomic E-state index is 13.3. The molecule has 0 saturated carbocycles.